The molecule has 3 fully saturated rings. The van der Waals surface area contributed by atoms with E-state index in [2.05, 4.69) is 4.90 Å². The number of rotatable bonds is 12. The van der Waals surface area contributed by atoms with E-state index in [-0.39, 0.29) is 56.2 Å². The van der Waals surface area contributed by atoms with Crippen LogP contribution < -0.4 is 0 Å². The molecule has 0 spiro atoms. The molecular weight excluding hydrogens is 563 g/mol. The van der Waals surface area contributed by atoms with Gasteiger partial charge < -0.3 is 23.7 Å². The summed E-state index contributed by atoms with van der Waals surface area (Å²) in [4.78, 5) is 52.6. The van der Waals surface area contributed by atoms with E-state index in [4.69, 9.17) is 13.9 Å². The Hall–Kier alpha value is -1.57. The van der Waals surface area contributed by atoms with Gasteiger partial charge in [0, 0.05) is 12.3 Å². The van der Waals surface area contributed by atoms with Crippen LogP contribution in [0.15, 0.2) is 0 Å². The van der Waals surface area contributed by atoms with E-state index >= 15 is 0 Å². The Kier molecular flexibility index (Phi) is 11.2. The summed E-state index contributed by atoms with van der Waals surface area (Å²) >= 11 is 0. The SMILES string of the molecule is CCOP(=O)(CC(=O)N1O[C@H](CC(C)C)C(=O)N2[C@@H]1CN(C1CCN(C)CC1)C(=O)[C@@H]2CCS(C)(=O)=O)OCC. The smallest absolute Gasteiger partial charge is 0.334 e. The Labute approximate surface area is 237 Å². The summed E-state index contributed by atoms with van der Waals surface area (Å²) in [5.41, 5.74) is 0. The molecule has 13 nitrogen and oxygen atoms in total. The number of hydrogen-bond donors (Lipinski definition) is 0. The van der Waals surface area contributed by atoms with Crippen molar-refractivity contribution in [2.75, 3.05) is 58.1 Å². The molecule has 3 amide bonds. The van der Waals surface area contributed by atoms with Crippen molar-refractivity contribution in [3.8, 4) is 0 Å². The second kappa shape index (κ2) is 13.6. The minimum absolute atomic E-state index is 0.00202. The van der Waals surface area contributed by atoms with E-state index < -0.39 is 53.7 Å². The first-order valence-corrected chi connectivity index (χ1v) is 17.8. The van der Waals surface area contributed by atoms with Crippen LogP contribution in [0.2, 0.25) is 0 Å². The van der Waals surface area contributed by atoms with Crippen LogP contribution in [-0.2, 0) is 42.7 Å². The second-order valence-corrected chi connectivity index (χ2v) is 15.5. The highest BCUT2D eigenvalue weighted by molar-refractivity contribution is 7.90. The van der Waals surface area contributed by atoms with Crippen LogP contribution in [0.5, 0.6) is 0 Å². The molecule has 40 heavy (non-hydrogen) atoms. The Morgan fingerprint density at radius 3 is 2.23 bits per heavy atom. The Balaban J connectivity index is 2.03. The molecule has 3 aliphatic heterocycles. The first-order valence-electron chi connectivity index (χ1n) is 14.1. The van der Waals surface area contributed by atoms with Gasteiger partial charge in [0.25, 0.3) is 11.8 Å². The van der Waals surface area contributed by atoms with Crippen LogP contribution in [0.3, 0.4) is 0 Å². The standard InChI is InChI=1S/C25H45N4O9PS/c1-7-36-39(33,37-8-2)17-23(30)29-22-16-27(19-9-12-26(5)13-10-19)24(31)20(11-14-40(6,34)35)28(22)25(32)21(38-29)15-18(3)4/h18-22H,7-17H2,1-6H3/t20-,21+,22-/m0/s1. The summed E-state index contributed by atoms with van der Waals surface area (Å²) in [7, 11) is -5.25. The fourth-order valence-electron chi connectivity index (χ4n) is 5.56. The van der Waals surface area contributed by atoms with E-state index in [1.165, 1.54) is 4.90 Å². The number of fused-ring (bicyclic) bond motifs is 1. The van der Waals surface area contributed by atoms with Crippen LogP contribution in [0.25, 0.3) is 0 Å². The lowest BCUT2D eigenvalue weighted by molar-refractivity contribution is -0.276. The van der Waals surface area contributed by atoms with Gasteiger partial charge in [-0.1, -0.05) is 13.8 Å². The van der Waals surface area contributed by atoms with Crippen LogP contribution in [-0.4, -0.2) is 128 Å². The maximum Gasteiger partial charge on any atom is 0.340 e. The zero-order valence-corrected chi connectivity index (χ0v) is 26.2. The van der Waals surface area contributed by atoms with Crippen LogP contribution in [0, 0.1) is 5.92 Å². The van der Waals surface area contributed by atoms with Gasteiger partial charge in [-0.15, -0.1) is 0 Å². The van der Waals surface area contributed by atoms with Crippen molar-refractivity contribution in [3.63, 3.8) is 0 Å². The van der Waals surface area contributed by atoms with Gasteiger partial charge in [0.1, 0.15) is 22.0 Å². The molecule has 0 aliphatic carbocycles. The Morgan fingerprint density at radius 1 is 1.10 bits per heavy atom. The minimum Gasteiger partial charge on any atom is -0.334 e. The third-order valence-electron chi connectivity index (χ3n) is 7.43. The number of hydrogen-bond acceptors (Lipinski definition) is 10. The van der Waals surface area contributed by atoms with Crippen molar-refractivity contribution >= 4 is 35.2 Å². The van der Waals surface area contributed by atoms with Crippen molar-refractivity contribution in [2.45, 2.75) is 77.7 Å². The van der Waals surface area contributed by atoms with Gasteiger partial charge >= 0.3 is 7.60 Å². The number of carbonyl (C=O) groups excluding carboxylic acids is 3. The molecule has 0 aromatic carbocycles. The average Bonchev–Trinajstić information content (AvgIpc) is 2.84. The quantitative estimate of drug-likeness (QED) is 0.298. The number of sulfone groups is 1. The molecule has 0 bridgehead atoms. The molecule has 3 aliphatic rings. The van der Waals surface area contributed by atoms with Crippen molar-refractivity contribution in [3.05, 3.63) is 0 Å². The number of piperazine rings is 1. The maximum atomic E-state index is 13.9. The molecule has 3 heterocycles. The van der Waals surface area contributed by atoms with Crippen molar-refractivity contribution in [1.29, 1.82) is 0 Å². The monoisotopic (exact) mass is 608 g/mol. The van der Waals surface area contributed by atoms with Crippen LogP contribution in [0.4, 0.5) is 0 Å². The summed E-state index contributed by atoms with van der Waals surface area (Å²) in [6.07, 6.45) is -0.0135. The van der Waals surface area contributed by atoms with Gasteiger partial charge in [-0.25, -0.2) is 8.42 Å². The van der Waals surface area contributed by atoms with Gasteiger partial charge in [0.15, 0.2) is 12.3 Å². The molecule has 3 atom stereocenters. The molecule has 0 radical (unpaired) electrons. The molecule has 230 valence electrons. The van der Waals surface area contributed by atoms with Gasteiger partial charge in [0.05, 0.1) is 25.5 Å². The summed E-state index contributed by atoms with van der Waals surface area (Å²) in [6.45, 7) is 8.78. The van der Waals surface area contributed by atoms with Crippen molar-refractivity contribution in [2.24, 2.45) is 5.92 Å². The Morgan fingerprint density at radius 2 is 1.70 bits per heavy atom. The molecule has 0 N–H and O–H groups in total. The van der Waals surface area contributed by atoms with Gasteiger partial charge in [-0.2, -0.15) is 5.06 Å². The van der Waals surface area contributed by atoms with Gasteiger partial charge in [-0.05, 0) is 65.6 Å². The topological polar surface area (TPSA) is 143 Å². The molecule has 0 saturated carbocycles. The fourth-order valence-corrected chi connectivity index (χ4v) is 7.72. The lowest BCUT2D eigenvalue weighted by Crippen LogP contribution is -2.75. The number of likely N-dealkylation sites (tertiary alicyclic amines) is 1. The maximum absolute atomic E-state index is 13.9. The number of carbonyl (C=O) groups is 3. The largest absolute Gasteiger partial charge is 0.340 e. The highest BCUT2D eigenvalue weighted by atomic mass is 32.2. The lowest BCUT2D eigenvalue weighted by atomic mass is 9.96. The predicted molar refractivity (Wildman–Crippen MR) is 148 cm³/mol. The molecule has 0 aromatic heterocycles. The second-order valence-electron chi connectivity index (χ2n) is 11.2. The summed E-state index contributed by atoms with van der Waals surface area (Å²) < 4.78 is 48.2. The Bertz CT molecular complexity index is 1070. The lowest BCUT2D eigenvalue weighted by Gasteiger charge is -2.55. The molecule has 15 heteroatoms. The summed E-state index contributed by atoms with van der Waals surface area (Å²) in [5, 5.41) is 1.06. The molecule has 0 unspecified atom stereocenters. The molecule has 3 rings (SSSR count). The number of piperidine rings is 1. The summed E-state index contributed by atoms with van der Waals surface area (Å²) in [5.74, 6) is -1.76. The third kappa shape index (κ3) is 8.04. The zero-order chi connectivity index (χ0) is 29.8. The van der Waals surface area contributed by atoms with Crippen molar-refractivity contribution in [1.82, 2.24) is 19.8 Å². The van der Waals surface area contributed by atoms with Gasteiger partial charge in [0.2, 0.25) is 5.91 Å². The van der Waals surface area contributed by atoms with E-state index in [1.54, 1.807) is 18.7 Å². The number of hydroxylamine groups is 2. The molecular formula is C25H45N4O9PS. The minimum atomic E-state index is -3.80. The van der Waals surface area contributed by atoms with E-state index in [1.807, 2.05) is 20.9 Å². The summed E-state index contributed by atoms with van der Waals surface area (Å²) in [6, 6.07) is -1.22. The molecule has 0 aromatic rings. The van der Waals surface area contributed by atoms with E-state index in [0.29, 0.717) is 12.8 Å². The number of amides is 3. The van der Waals surface area contributed by atoms with Crippen molar-refractivity contribution < 1.29 is 41.3 Å². The van der Waals surface area contributed by atoms with Crippen LogP contribution >= 0.6 is 7.60 Å². The van der Waals surface area contributed by atoms with Gasteiger partial charge in [-0.3, -0.25) is 23.8 Å². The highest BCUT2D eigenvalue weighted by Crippen LogP contribution is 2.48. The first kappa shape index (κ1) is 32.9. The average molecular weight is 609 g/mol. The highest BCUT2D eigenvalue weighted by Gasteiger charge is 2.54. The number of nitrogens with zero attached hydrogens (tertiary/aromatic N) is 4. The third-order valence-corrected chi connectivity index (χ3v) is 10.4. The fraction of sp³-hybridized carbons (Fsp3) is 0.880. The van der Waals surface area contributed by atoms with Crippen LogP contribution in [0.1, 0.15) is 53.4 Å². The zero-order valence-electron chi connectivity index (χ0n) is 24.5. The molecule has 3 saturated heterocycles. The first-order chi connectivity index (χ1) is 18.7. The van der Waals surface area contributed by atoms with E-state index in [0.717, 1.165) is 24.4 Å². The van der Waals surface area contributed by atoms with E-state index in [9.17, 15) is 27.4 Å². The predicted octanol–water partition coefficient (Wildman–Crippen LogP) is 1.34. The normalized spacial score (nSPS) is 25.6.